The summed E-state index contributed by atoms with van der Waals surface area (Å²) in [5, 5.41) is 0. The van der Waals surface area contributed by atoms with Crippen LogP contribution in [0.2, 0.25) is 0 Å². The van der Waals surface area contributed by atoms with Gasteiger partial charge in [0.05, 0.1) is 14.2 Å². The van der Waals surface area contributed by atoms with Crippen molar-refractivity contribution in [2.24, 2.45) is 11.8 Å². The summed E-state index contributed by atoms with van der Waals surface area (Å²) in [6, 6.07) is 0. The summed E-state index contributed by atoms with van der Waals surface area (Å²) in [6.07, 6.45) is 0.210. The molecule has 6 nitrogen and oxygen atoms in total. The van der Waals surface area contributed by atoms with Crippen molar-refractivity contribution in [2.45, 2.75) is 6.42 Å². The van der Waals surface area contributed by atoms with Gasteiger partial charge in [-0.05, 0) is 6.42 Å². The molecule has 0 saturated heterocycles. The summed E-state index contributed by atoms with van der Waals surface area (Å²) in [7, 11) is 2.17. The minimum atomic E-state index is -0.986. The molecular weight excluding hydrogens is 204 g/mol. The van der Waals surface area contributed by atoms with Crippen LogP contribution in [0.5, 0.6) is 0 Å². The third-order valence-corrected chi connectivity index (χ3v) is 2.24. The molecule has 15 heavy (non-hydrogen) atoms. The van der Waals surface area contributed by atoms with E-state index < -0.39 is 35.3 Å². The molecule has 1 aliphatic rings. The first-order valence-corrected chi connectivity index (χ1v) is 4.27. The molecular formula is C9H10O6. The number of carbonyl (C=O) groups is 4. The van der Waals surface area contributed by atoms with E-state index in [0.717, 1.165) is 14.2 Å². The molecule has 6 heteroatoms. The zero-order valence-electron chi connectivity index (χ0n) is 8.31. The van der Waals surface area contributed by atoms with Crippen LogP contribution in [0.1, 0.15) is 6.42 Å². The highest BCUT2D eigenvalue weighted by atomic mass is 16.5. The van der Waals surface area contributed by atoms with Crippen molar-refractivity contribution < 1.29 is 28.7 Å². The Morgan fingerprint density at radius 1 is 0.867 bits per heavy atom. The van der Waals surface area contributed by atoms with Crippen LogP contribution < -0.4 is 0 Å². The molecule has 0 aromatic heterocycles. The number of methoxy groups -OCH3 is 2. The Balaban J connectivity index is 2.54. The second-order valence-corrected chi connectivity index (χ2v) is 3.16. The molecule has 1 aliphatic carbocycles. The van der Waals surface area contributed by atoms with Crippen LogP contribution in [0.4, 0.5) is 0 Å². The Morgan fingerprint density at radius 3 is 1.47 bits per heavy atom. The SMILES string of the molecule is COC(=O)C(=O)[C@H]1C[C@H]1C(=O)C(=O)OC. The van der Waals surface area contributed by atoms with Crippen LogP contribution in [-0.4, -0.2) is 37.7 Å². The molecule has 0 aliphatic heterocycles. The second kappa shape index (κ2) is 4.20. The van der Waals surface area contributed by atoms with E-state index in [1.165, 1.54) is 0 Å². The van der Waals surface area contributed by atoms with Crippen LogP contribution >= 0.6 is 0 Å². The molecule has 0 heterocycles. The Hall–Kier alpha value is -1.72. The highest BCUT2D eigenvalue weighted by molar-refractivity contribution is 6.40. The number of esters is 2. The monoisotopic (exact) mass is 214 g/mol. The topological polar surface area (TPSA) is 86.7 Å². The molecule has 0 radical (unpaired) electrons. The minimum Gasteiger partial charge on any atom is -0.463 e. The lowest BCUT2D eigenvalue weighted by molar-refractivity contribution is -0.154. The predicted octanol–water partition coefficient (Wildman–Crippen LogP) is -0.893. The van der Waals surface area contributed by atoms with Gasteiger partial charge in [0.2, 0.25) is 11.6 Å². The summed E-state index contributed by atoms with van der Waals surface area (Å²) >= 11 is 0. The second-order valence-electron chi connectivity index (χ2n) is 3.16. The summed E-state index contributed by atoms with van der Waals surface area (Å²) in [4.78, 5) is 44.0. The van der Waals surface area contributed by atoms with Crippen LogP contribution in [0, 0.1) is 11.8 Å². The molecule has 1 rings (SSSR count). The van der Waals surface area contributed by atoms with Gasteiger partial charge < -0.3 is 9.47 Å². The molecule has 2 atom stereocenters. The zero-order chi connectivity index (χ0) is 11.6. The molecule has 1 saturated carbocycles. The maximum absolute atomic E-state index is 11.2. The van der Waals surface area contributed by atoms with E-state index in [1.807, 2.05) is 0 Å². The maximum Gasteiger partial charge on any atom is 0.374 e. The normalized spacial score (nSPS) is 22.8. The van der Waals surface area contributed by atoms with Crippen molar-refractivity contribution in [1.82, 2.24) is 0 Å². The first-order chi connectivity index (χ1) is 7.02. The third kappa shape index (κ3) is 2.20. The number of rotatable bonds is 4. The number of Topliss-reactive ketones (excluding diaryl/α,β-unsaturated/α-hetero) is 2. The largest absolute Gasteiger partial charge is 0.463 e. The molecule has 82 valence electrons. The Kier molecular flexibility index (Phi) is 3.18. The van der Waals surface area contributed by atoms with E-state index in [0.29, 0.717) is 0 Å². The van der Waals surface area contributed by atoms with Crippen molar-refractivity contribution in [3.63, 3.8) is 0 Å². The average molecular weight is 214 g/mol. The van der Waals surface area contributed by atoms with Crippen molar-refractivity contribution in [1.29, 1.82) is 0 Å². The van der Waals surface area contributed by atoms with Gasteiger partial charge in [0.1, 0.15) is 0 Å². The van der Waals surface area contributed by atoms with E-state index >= 15 is 0 Å². The Labute approximate surface area is 85.5 Å². The Bertz CT molecular complexity index is 299. The smallest absolute Gasteiger partial charge is 0.374 e. The molecule has 0 aromatic carbocycles. The fourth-order valence-electron chi connectivity index (χ4n) is 1.28. The van der Waals surface area contributed by atoms with E-state index in [-0.39, 0.29) is 6.42 Å². The van der Waals surface area contributed by atoms with Gasteiger partial charge in [0, 0.05) is 11.8 Å². The average Bonchev–Trinajstić information content (AvgIpc) is 3.04. The van der Waals surface area contributed by atoms with E-state index in [9.17, 15) is 19.2 Å². The molecule has 0 N–H and O–H groups in total. The summed E-state index contributed by atoms with van der Waals surface area (Å²) < 4.78 is 8.42. The highest BCUT2D eigenvalue weighted by Crippen LogP contribution is 2.40. The molecule has 0 unspecified atom stereocenters. The molecule has 0 amide bonds. The number of hydrogen-bond donors (Lipinski definition) is 0. The Morgan fingerprint density at radius 2 is 1.20 bits per heavy atom. The fourth-order valence-corrected chi connectivity index (χ4v) is 1.28. The number of ketones is 2. The van der Waals surface area contributed by atoms with Crippen molar-refractivity contribution in [3.05, 3.63) is 0 Å². The van der Waals surface area contributed by atoms with E-state index in [1.54, 1.807) is 0 Å². The van der Waals surface area contributed by atoms with E-state index in [2.05, 4.69) is 9.47 Å². The number of ether oxygens (including phenoxy) is 2. The number of carbonyl (C=O) groups excluding carboxylic acids is 4. The minimum absolute atomic E-state index is 0.210. The first kappa shape index (κ1) is 11.4. The lowest BCUT2D eigenvalue weighted by Crippen LogP contribution is -2.23. The summed E-state index contributed by atoms with van der Waals surface area (Å²) in [5.74, 6) is -4.94. The predicted molar refractivity (Wildman–Crippen MR) is 45.6 cm³/mol. The maximum atomic E-state index is 11.2. The van der Waals surface area contributed by atoms with Gasteiger partial charge in [-0.25, -0.2) is 9.59 Å². The number of hydrogen-bond acceptors (Lipinski definition) is 6. The van der Waals surface area contributed by atoms with E-state index in [4.69, 9.17) is 0 Å². The summed E-state index contributed by atoms with van der Waals surface area (Å²) in [5.41, 5.74) is 0. The molecule has 0 bridgehead atoms. The lowest BCUT2D eigenvalue weighted by atomic mass is 10.1. The molecule has 0 aromatic rings. The quantitative estimate of drug-likeness (QED) is 0.445. The van der Waals surface area contributed by atoms with Crippen molar-refractivity contribution in [2.75, 3.05) is 14.2 Å². The van der Waals surface area contributed by atoms with Gasteiger partial charge in [0.15, 0.2) is 0 Å². The van der Waals surface area contributed by atoms with Crippen LogP contribution in [0.15, 0.2) is 0 Å². The van der Waals surface area contributed by atoms with Gasteiger partial charge in [-0.2, -0.15) is 0 Å². The fraction of sp³-hybridized carbons (Fsp3) is 0.556. The van der Waals surface area contributed by atoms with Crippen LogP contribution in [0.3, 0.4) is 0 Å². The third-order valence-electron chi connectivity index (χ3n) is 2.24. The van der Waals surface area contributed by atoms with Gasteiger partial charge in [0.25, 0.3) is 0 Å². The molecule has 1 fully saturated rings. The van der Waals surface area contributed by atoms with Gasteiger partial charge >= 0.3 is 11.9 Å². The molecule has 0 spiro atoms. The van der Waals surface area contributed by atoms with Gasteiger partial charge in [-0.15, -0.1) is 0 Å². The first-order valence-electron chi connectivity index (χ1n) is 4.27. The van der Waals surface area contributed by atoms with Gasteiger partial charge in [-0.1, -0.05) is 0 Å². The van der Waals surface area contributed by atoms with Crippen LogP contribution in [0.25, 0.3) is 0 Å². The van der Waals surface area contributed by atoms with Crippen LogP contribution in [-0.2, 0) is 28.7 Å². The highest BCUT2D eigenvalue weighted by Gasteiger charge is 2.52. The summed E-state index contributed by atoms with van der Waals surface area (Å²) in [6.45, 7) is 0. The lowest BCUT2D eigenvalue weighted by Gasteiger charge is -1.97. The zero-order valence-corrected chi connectivity index (χ0v) is 8.31. The standard InChI is InChI=1S/C9H10O6/c1-14-8(12)6(10)4-3-5(4)7(11)9(13)15-2/h4-5H,3H2,1-2H3/t4-,5+. The van der Waals surface area contributed by atoms with Gasteiger partial charge in [-0.3, -0.25) is 9.59 Å². The van der Waals surface area contributed by atoms with Crippen molar-refractivity contribution in [3.8, 4) is 0 Å². The van der Waals surface area contributed by atoms with Crippen molar-refractivity contribution >= 4 is 23.5 Å².